The van der Waals surface area contributed by atoms with E-state index in [0.29, 0.717) is 18.3 Å². The smallest absolute Gasteiger partial charge is 0.244 e. The van der Waals surface area contributed by atoms with Crippen molar-refractivity contribution in [2.24, 2.45) is 0 Å². The van der Waals surface area contributed by atoms with Crippen molar-refractivity contribution in [3.8, 4) is 0 Å². The fourth-order valence-electron chi connectivity index (χ4n) is 1.79. The molecule has 1 aromatic carbocycles. The van der Waals surface area contributed by atoms with Crippen molar-refractivity contribution in [2.75, 3.05) is 17.2 Å². The summed E-state index contributed by atoms with van der Waals surface area (Å²) in [5.74, 6) is 0.938. The van der Waals surface area contributed by atoms with Crippen molar-refractivity contribution < 1.29 is 4.39 Å². The monoisotopic (exact) mass is 289 g/mol. The van der Waals surface area contributed by atoms with E-state index in [1.807, 2.05) is 0 Å². The molecular formula is C15H20FN5. The minimum atomic E-state index is -0.222. The molecule has 0 spiro atoms. The normalized spacial score (nSPS) is 11.2. The number of hydrogen-bond donors (Lipinski definition) is 2. The summed E-state index contributed by atoms with van der Waals surface area (Å²) in [5, 5.41) is 14.2. The molecule has 1 heterocycles. The summed E-state index contributed by atoms with van der Waals surface area (Å²) in [6, 6.07) is 6.46. The van der Waals surface area contributed by atoms with Crippen LogP contribution in [0.2, 0.25) is 0 Å². The Morgan fingerprint density at radius 1 is 1.14 bits per heavy atom. The largest absolute Gasteiger partial charge is 0.364 e. The van der Waals surface area contributed by atoms with Gasteiger partial charge in [-0.2, -0.15) is 10.1 Å². The summed E-state index contributed by atoms with van der Waals surface area (Å²) in [6.45, 7) is 6.82. The molecule has 2 rings (SSSR count). The van der Waals surface area contributed by atoms with Crippen molar-refractivity contribution in [2.45, 2.75) is 32.7 Å². The lowest BCUT2D eigenvalue weighted by Crippen LogP contribution is -2.27. The molecule has 112 valence electrons. The highest BCUT2D eigenvalue weighted by molar-refractivity contribution is 5.38. The minimum Gasteiger partial charge on any atom is -0.364 e. The first-order valence-electron chi connectivity index (χ1n) is 6.89. The third-order valence-corrected chi connectivity index (χ3v) is 2.67. The zero-order valence-corrected chi connectivity index (χ0v) is 12.5. The summed E-state index contributed by atoms with van der Waals surface area (Å²) in [7, 11) is 0. The third kappa shape index (κ3) is 5.33. The Morgan fingerprint density at radius 2 is 1.86 bits per heavy atom. The van der Waals surface area contributed by atoms with Crippen LogP contribution in [0, 0.1) is 5.82 Å². The van der Waals surface area contributed by atoms with Gasteiger partial charge >= 0.3 is 0 Å². The van der Waals surface area contributed by atoms with E-state index in [1.54, 1.807) is 18.3 Å². The number of anilines is 2. The van der Waals surface area contributed by atoms with Gasteiger partial charge in [-0.05, 0) is 44.9 Å². The number of benzene rings is 1. The number of halogens is 1. The van der Waals surface area contributed by atoms with Crippen LogP contribution in [0.15, 0.2) is 30.5 Å². The second-order valence-corrected chi connectivity index (χ2v) is 5.84. The van der Waals surface area contributed by atoms with E-state index in [9.17, 15) is 4.39 Å². The van der Waals surface area contributed by atoms with E-state index in [-0.39, 0.29) is 11.4 Å². The van der Waals surface area contributed by atoms with E-state index in [2.05, 4.69) is 46.6 Å². The number of nitrogens with zero attached hydrogens (tertiary/aromatic N) is 3. The molecular weight excluding hydrogens is 269 g/mol. The standard InChI is InChI=1S/C15H20FN5/c1-15(2,3)20-13-10-18-21-14(19-13)17-9-8-11-4-6-12(16)7-5-11/h4-7,10H,8-9H2,1-3H3,(H2,17,19,20,21). The first-order valence-corrected chi connectivity index (χ1v) is 6.89. The number of hydrogen-bond acceptors (Lipinski definition) is 5. The Balaban J connectivity index is 1.88. The molecule has 0 amide bonds. The Bertz CT molecular complexity index is 577. The van der Waals surface area contributed by atoms with Crippen LogP contribution in [-0.4, -0.2) is 27.3 Å². The number of aromatic nitrogens is 3. The fourth-order valence-corrected chi connectivity index (χ4v) is 1.79. The predicted octanol–water partition coefficient (Wildman–Crippen LogP) is 2.88. The molecule has 0 fully saturated rings. The molecule has 2 aromatic rings. The van der Waals surface area contributed by atoms with E-state index in [4.69, 9.17) is 0 Å². The summed E-state index contributed by atoms with van der Waals surface area (Å²) >= 11 is 0. The molecule has 0 bridgehead atoms. The van der Waals surface area contributed by atoms with Crippen LogP contribution in [0.4, 0.5) is 16.2 Å². The topological polar surface area (TPSA) is 62.7 Å². The van der Waals surface area contributed by atoms with Crippen LogP contribution in [0.1, 0.15) is 26.3 Å². The molecule has 5 nitrogen and oxygen atoms in total. The highest BCUT2D eigenvalue weighted by Gasteiger charge is 2.11. The van der Waals surface area contributed by atoms with Gasteiger partial charge in [0.05, 0.1) is 6.20 Å². The molecule has 0 radical (unpaired) electrons. The molecule has 21 heavy (non-hydrogen) atoms. The lowest BCUT2D eigenvalue weighted by molar-refractivity contribution is 0.626. The third-order valence-electron chi connectivity index (χ3n) is 2.67. The van der Waals surface area contributed by atoms with Gasteiger partial charge in [-0.15, -0.1) is 5.10 Å². The Labute approximate surface area is 124 Å². The lowest BCUT2D eigenvalue weighted by atomic mass is 10.1. The van der Waals surface area contributed by atoms with Crippen LogP contribution in [-0.2, 0) is 6.42 Å². The van der Waals surface area contributed by atoms with Crippen LogP contribution in [0.3, 0.4) is 0 Å². The Kier molecular flexibility index (Phi) is 4.67. The molecule has 0 aliphatic rings. The molecule has 0 saturated carbocycles. The highest BCUT2D eigenvalue weighted by atomic mass is 19.1. The zero-order valence-electron chi connectivity index (χ0n) is 12.5. The van der Waals surface area contributed by atoms with Gasteiger partial charge in [0.15, 0.2) is 5.82 Å². The second-order valence-electron chi connectivity index (χ2n) is 5.84. The molecule has 2 N–H and O–H groups in total. The molecule has 0 atom stereocenters. The highest BCUT2D eigenvalue weighted by Crippen LogP contribution is 2.11. The maximum atomic E-state index is 12.8. The quantitative estimate of drug-likeness (QED) is 0.886. The van der Waals surface area contributed by atoms with E-state index < -0.39 is 0 Å². The van der Waals surface area contributed by atoms with Gasteiger partial charge in [0.2, 0.25) is 5.95 Å². The van der Waals surface area contributed by atoms with Crippen LogP contribution >= 0.6 is 0 Å². The van der Waals surface area contributed by atoms with E-state index >= 15 is 0 Å². The maximum absolute atomic E-state index is 12.8. The minimum absolute atomic E-state index is 0.0819. The Hall–Kier alpha value is -2.24. The molecule has 0 aliphatic carbocycles. The first kappa shape index (κ1) is 15.2. The molecule has 6 heteroatoms. The van der Waals surface area contributed by atoms with Crippen molar-refractivity contribution in [3.05, 3.63) is 41.8 Å². The molecule has 1 aromatic heterocycles. The van der Waals surface area contributed by atoms with Crippen molar-refractivity contribution >= 4 is 11.8 Å². The van der Waals surface area contributed by atoms with Gasteiger partial charge in [-0.25, -0.2) is 4.39 Å². The second kappa shape index (κ2) is 6.47. The summed E-state index contributed by atoms with van der Waals surface area (Å²) in [4.78, 5) is 4.35. The molecule has 0 saturated heterocycles. The van der Waals surface area contributed by atoms with Crippen molar-refractivity contribution in [1.82, 2.24) is 15.2 Å². The van der Waals surface area contributed by atoms with Crippen LogP contribution in [0.25, 0.3) is 0 Å². The predicted molar refractivity (Wildman–Crippen MR) is 81.8 cm³/mol. The van der Waals surface area contributed by atoms with Gasteiger partial charge in [0.1, 0.15) is 5.82 Å². The Morgan fingerprint density at radius 3 is 2.52 bits per heavy atom. The van der Waals surface area contributed by atoms with E-state index in [0.717, 1.165) is 12.0 Å². The zero-order chi connectivity index (χ0) is 15.3. The van der Waals surface area contributed by atoms with Gasteiger partial charge in [-0.3, -0.25) is 0 Å². The fraction of sp³-hybridized carbons (Fsp3) is 0.400. The number of nitrogens with one attached hydrogen (secondary N) is 2. The van der Waals surface area contributed by atoms with Gasteiger partial charge in [0.25, 0.3) is 0 Å². The SMILES string of the molecule is CC(C)(C)Nc1cnnc(NCCc2ccc(F)cc2)n1. The summed E-state index contributed by atoms with van der Waals surface area (Å²) in [6.07, 6.45) is 2.36. The maximum Gasteiger partial charge on any atom is 0.244 e. The number of rotatable bonds is 5. The average Bonchev–Trinajstić information content (AvgIpc) is 2.39. The van der Waals surface area contributed by atoms with Gasteiger partial charge in [0, 0.05) is 12.1 Å². The summed E-state index contributed by atoms with van der Waals surface area (Å²) in [5.41, 5.74) is 0.974. The lowest BCUT2D eigenvalue weighted by Gasteiger charge is -2.20. The molecule has 0 aliphatic heterocycles. The molecule has 0 unspecified atom stereocenters. The van der Waals surface area contributed by atoms with Gasteiger partial charge < -0.3 is 10.6 Å². The summed E-state index contributed by atoms with van der Waals surface area (Å²) < 4.78 is 12.8. The van der Waals surface area contributed by atoms with Crippen LogP contribution in [0.5, 0.6) is 0 Å². The first-order chi connectivity index (χ1) is 9.92. The van der Waals surface area contributed by atoms with Crippen LogP contribution < -0.4 is 10.6 Å². The van der Waals surface area contributed by atoms with E-state index in [1.165, 1.54) is 12.1 Å². The van der Waals surface area contributed by atoms with Crippen molar-refractivity contribution in [1.29, 1.82) is 0 Å². The van der Waals surface area contributed by atoms with Crippen molar-refractivity contribution in [3.63, 3.8) is 0 Å². The average molecular weight is 289 g/mol. The van der Waals surface area contributed by atoms with Gasteiger partial charge in [-0.1, -0.05) is 12.1 Å².